The molecule has 0 heterocycles. The van der Waals surface area contributed by atoms with Gasteiger partial charge in [-0.3, -0.25) is 4.79 Å². The third kappa shape index (κ3) is 6.30. The van der Waals surface area contributed by atoms with Crippen molar-refractivity contribution < 1.29 is 19.4 Å². The van der Waals surface area contributed by atoms with Crippen LogP contribution in [0, 0.1) is 29.1 Å². The summed E-state index contributed by atoms with van der Waals surface area (Å²) in [7, 11) is 0. The Labute approximate surface area is 218 Å². The maximum atomic E-state index is 12.2. The van der Waals surface area contributed by atoms with Crippen LogP contribution in [0.3, 0.4) is 0 Å². The van der Waals surface area contributed by atoms with Gasteiger partial charge in [-0.2, -0.15) is 0 Å². The number of aliphatic hydroxyl groups excluding tert-OH is 1. The normalized spacial score (nSPS) is 34.7. The van der Waals surface area contributed by atoms with Crippen LogP contribution in [0.4, 0.5) is 0 Å². The lowest BCUT2D eigenvalue weighted by Gasteiger charge is -2.44. The van der Waals surface area contributed by atoms with Crippen LogP contribution in [0.15, 0.2) is 47.6 Å². The maximum Gasteiger partial charge on any atom is 0.306 e. The zero-order valence-corrected chi connectivity index (χ0v) is 22.6. The van der Waals surface area contributed by atoms with E-state index in [1.54, 1.807) is 5.57 Å². The van der Waals surface area contributed by atoms with Gasteiger partial charge in [0.05, 0.1) is 12.5 Å². The Morgan fingerprint density at radius 3 is 2.58 bits per heavy atom. The van der Waals surface area contributed by atoms with Gasteiger partial charge in [0.2, 0.25) is 0 Å². The van der Waals surface area contributed by atoms with Gasteiger partial charge in [-0.25, -0.2) is 0 Å². The Bertz CT molecular complexity index is 936. The van der Waals surface area contributed by atoms with Gasteiger partial charge in [0.25, 0.3) is 0 Å². The number of ether oxygens (including phenoxy) is 1. The lowest BCUT2D eigenvalue weighted by molar-refractivity contribution is -0.148. The molecule has 4 nitrogen and oxygen atoms in total. The molecule has 198 valence electrons. The number of hydrogen-bond acceptors (Lipinski definition) is 4. The third-order valence-corrected chi connectivity index (χ3v) is 9.56. The van der Waals surface area contributed by atoms with Crippen LogP contribution < -0.4 is 0 Å². The number of carbonyl (C=O) groups excluding carboxylic acids is 2. The molecule has 4 aliphatic rings. The van der Waals surface area contributed by atoms with E-state index in [2.05, 4.69) is 44.7 Å². The molecule has 0 amide bonds. The Balaban J connectivity index is 1.41. The number of hydrogen-bond donors (Lipinski definition) is 1. The monoisotopic (exact) mass is 494 g/mol. The summed E-state index contributed by atoms with van der Waals surface area (Å²) in [5.41, 5.74) is 4.01. The van der Waals surface area contributed by atoms with Crippen molar-refractivity contribution in [3.8, 4) is 0 Å². The SMILES string of the molecule is C=C1/C(=C\C=C2/CCC[C@@]3(C)C2CCC3[C@@H](C)/C=C/C(O)C2CC2)CCC[C@@H]1OC(=O)CCC(C)=O. The minimum atomic E-state index is -0.302. The first-order valence-electron chi connectivity index (χ1n) is 14.3. The zero-order chi connectivity index (χ0) is 25.9. The smallest absolute Gasteiger partial charge is 0.306 e. The standard InChI is InChI=1S/C32H46O4/c1-21(10-18-29(34)26-14-15-26)27-16-17-28-25(8-6-20-32(27,28)4)13-12-24-7-5-9-30(23(24)3)36-31(35)19-11-22(2)33/h10,12-13,18,21,26-30,34H,3,5-9,11,14-17,19-20H2,1-2,4H3/b18-10+,24-12-,25-13+/t21-,27?,28?,29?,30-,32+/m0/s1. The van der Waals surface area contributed by atoms with Crippen LogP contribution in [0.2, 0.25) is 0 Å². The second-order valence-electron chi connectivity index (χ2n) is 12.2. The first-order valence-corrected chi connectivity index (χ1v) is 14.3. The van der Waals surface area contributed by atoms with Gasteiger partial charge in [0.15, 0.2) is 0 Å². The molecule has 4 saturated carbocycles. The molecule has 0 bridgehead atoms. The highest BCUT2D eigenvalue weighted by atomic mass is 16.5. The highest BCUT2D eigenvalue weighted by Crippen LogP contribution is 2.59. The van der Waals surface area contributed by atoms with Gasteiger partial charge in [-0.1, -0.05) is 50.3 Å². The molecule has 4 fully saturated rings. The minimum absolute atomic E-state index is 0.0107. The van der Waals surface area contributed by atoms with E-state index in [1.807, 2.05) is 0 Å². The van der Waals surface area contributed by atoms with Gasteiger partial charge in [-0.05, 0) is 111 Å². The van der Waals surface area contributed by atoms with Gasteiger partial charge in [0, 0.05) is 6.42 Å². The van der Waals surface area contributed by atoms with Crippen molar-refractivity contribution in [3.63, 3.8) is 0 Å². The fourth-order valence-corrected chi connectivity index (χ4v) is 7.20. The van der Waals surface area contributed by atoms with Crippen LogP contribution in [-0.4, -0.2) is 29.1 Å². The summed E-state index contributed by atoms with van der Waals surface area (Å²) in [6.07, 6.45) is 20.1. The van der Waals surface area contributed by atoms with E-state index in [4.69, 9.17) is 4.74 Å². The Kier molecular flexibility index (Phi) is 8.75. The van der Waals surface area contributed by atoms with Crippen molar-refractivity contribution in [2.75, 3.05) is 0 Å². The molecule has 0 aromatic carbocycles. The summed E-state index contributed by atoms with van der Waals surface area (Å²) >= 11 is 0. The highest BCUT2D eigenvalue weighted by molar-refractivity contribution is 5.81. The summed E-state index contributed by atoms with van der Waals surface area (Å²) in [4.78, 5) is 23.4. The van der Waals surface area contributed by atoms with Crippen LogP contribution in [0.1, 0.15) is 97.8 Å². The van der Waals surface area contributed by atoms with E-state index in [-0.39, 0.29) is 36.8 Å². The van der Waals surface area contributed by atoms with E-state index in [0.29, 0.717) is 29.1 Å². The lowest BCUT2D eigenvalue weighted by atomic mass is 9.61. The van der Waals surface area contributed by atoms with E-state index < -0.39 is 0 Å². The molecule has 4 heteroatoms. The average Bonchev–Trinajstić information content (AvgIpc) is 3.63. The largest absolute Gasteiger partial charge is 0.457 e. The van der Waals surface area contributed by atoms with Crippen LogP contribution >= 0.6 is 0 Å². The van der Waals surface area contributed by atoms with Crippen molar-refractivity contribution in [3.05, 3.63) is 47.6 Å². The molecule has 0 aromatic rings. The fraction of sp³-hybridized carbons (Fsp3) is 0.688. The molecule has 0 saturated heterocycles. The van der Waals surface area contributed by atoms with Gasteiger partial charge < -0.3 is 14.6 Å². The molecular formula is C32H46O4. The van der Waals surface area contributed by atoms with Gasteiger partial charge in [0.1, 0.15) is 11.9 Å². The molecular weight excluding hydrogens is 448 g/mol. The summed E-state index contributed by atoms with van der Waals surface area (Å²) < 4.78 is 5.68. The number of fused-ring (bicyclic) bond motifs is 1. The predicted molar refractivity (Wildman–Crippen MR) is 144 cm³/mol. The molecule has 0 spiro atoms. The molecule has 6 atom stereocenters. The first kappa shape index (κ1) is 27.1. The van der Waals surface area contributed by atoms with Crippen LogP contribution in [-0.2, 0) is 14.3 Å². The van der Waals surface area contributed by atoms with E-state index >= 15 is 0 Å². The minimum Gasteiger partial charge on any atom is -0.457 e. The quantitative estimate of drug-likeness (QED) is 0.276. The molecule has 36 heavy (non-hydrogen) atoms. The van der Waals surface area contributed by atoms with Crippen molar-refractivity contribution in [1.29, 1.82) is 0 Å². The molecule has 1 N–H and O–H groups in total. The maximum absolute atomic E-state index is 12.2. The number of Topliss-reactive ketones (excluding diaryl/α,β-unsaturated/α-hetero) is 1. The fourth-order valence-electron chi connectivity index (χ4n) is 7.20. The number of rotatable bonds is 9. The summed E-state index contributed by atoms with van der Waals surface area (Å²) in [5.74, 6) is 1.97. The molecule has 4 rings (SSSR count). The van der Waals surface area contributed by atoms with E-state index in [1.165, 1.54) is 51.0 Å². The van der Waals surface area contributed by atoms with Gasteiger partial charge in [-0.15, -0.1) is 0 Å². The van der Waals surface area contributed by atoms with Crippen molar-refractivity contribution in [2.24, 2.45) is 29.1 Å². The van der Waals surface area contributed by atoms with Crippen molar-refractivity contribution in [1.82, 2.24) is 0 Å². The molecule has 0 aliphatic heterocycles. The zero-order valence-electron chi connectivity index (χ0n) is 22.6. The van der Waals surface area contributed by atoms with Crippen molar-refractivity contribution >= 4 is 11.8 Å². The highest BCUT2D eigenvalue weighted by Gasteiger charge is 2.50. The molecule has 0 aromatic heterocycles. The van der Waals surface area contributed by atoms with E-state index in [0.717, 1.165) is 31.3 Å². The summed E-state index contributed by atoms with van der Waals surface area (Å²) in [6.45, 7) is 10.6. The number of aliphatic hydroxyl groups is 1. The van der Waals surface area contributed by atoms with Crippen molar-refractivity contribution in [2.45, 2.75) is 110 Å². The first-order chi connectivity index (χ1) is 17.2. The molecule has 0 radical (unpaired) electrons. The average molecular weight is 495 g/mol. The Morgan fingerprint density at radius 2 is 1.86 bits per heavy atom. The number of esters is 1. The van der Waals surface area contributed by atoms with Crippen LogP contribution in [0.5, 0.6) is 0 Å². The Hall–Kier alpha value is -1.94. The number of allylic oxidation sites excluding steroid dienone is 4. The summed E-state index contributed by atoms with van der Waals surface area (Å²) in [6, 6.07) is 0. The summed E-state index contributed by atoms with van der Waals surface area (Å²) in [5, 5.41) is 10.3. The number of carbonyl (C=O) groups is 2. The topological polar surface area (TPSA) is 63.6 Å². The predicted octanol–water partition coefficient (Wildman–Crippen LogP) is 7.04. The molecule has 3 unspecified atom stereocenters. The van der Waals surface area contributed by atoms with Gasteiger partial charge >= 0.3 is 5.97 Å². The third-order valence-electron chi connectivity index (χ3n) is 9.56. The Morgan fingerprint density at radius 1 is 1.08 bits per heavy atom. The van der Waals surface area contributed by atoms with E-state index in [9.17, 15) is 14.7 Å². The second-order valence-corrected chi connectivity index (χ2v) is 12.2. The van der Waals surface area contributed by atoms with Crippen LogP contribution in [0.25, 0.3) is 0 Å². The molecule has 4 aliphatic carbocycles. The second kappa shape index (κ2) is 11.6. The lowest BCUT2D eigenvalue weighted by Crippen LogP contribution is -2.35. The number of ketones is 1.